The summed E-state index contributed by atoms with van der Waals surface area (Å²) in [5, 5.41) is 0.157. The number of hydrogen-bond donors (Lipinski definition) is 1. The predicted octanol–water partition coefficient (Wildman–Crippen LogP) is 3.88. The predicted molar refractivity (Wildman–Crippen MR) is 101 cm³/mol. The van der Waals surface area contributed by atoms with Gasteiger partial charge in [-0.1, -0.05) is 11.6 Å². The first kappa shape index (κ1) is 21.9. The van der Waals surface area contributed by atoms with Crippen molar-refractivity contribution in [3.8, 4) is 0 Å². The van der Waals surface area contributed by atoms with Crippen LogP contribution in [0.1, 0.15) is 40.8 Å². The summed E-state index contributed by atoms with van der Waals surface area (Å²) in [4.78, 5) is 24.5. The normalized spacial score (nSPS) is 21.7. The number of nitrogens with two attached hydrogens (primary N) is 1. The second-order valence-corrected chi connectivity index (χ2v) is 7.56. The maximum Gasteiger partial charge on any atom is 0.425 e. The lowest BCUT2D eigenvalue weighted by Gasteiger charge is -2.35. The average molecular weight is 445 g/mol. The topological polar surface area (TPSA) is 90.5 Å². The van der Waals surface area contributed by atoms with Crippen molar-refractivity contribution in [2.75, 3.05) is 0 Å². The fourth-order valence-electron chi connectivity index (χ4n) is 3.14. The van der Waals surface area contributed by atoms with Gasteiger partial charge in [-0.25, -0.2) is 9.38 Å². The molecule has 0 bridgehead atoms. The van der Waals surface area contributed by atoms with Crippen LogP contribution in [0.15, 0.2) is 29.4 Å². The van der Waals surface area contributed by atoms with Gasteiger partial charge in [0, 0.05) is 18.3 Å². The fraction of sp³-hybridized carbons (Fsp3) is 0.368. The number of alkyl halides is 3. The van der Waals surface area contributed by atoms with Crippen molar-refractivity contribution in [1.29, 1.82) is 0 Å². The Bertz CT molecular complexity index is 1030. The van der Waals surface area contributed by atoms with Gasteiger partial charge >= 0.3 is 6.18 Å². The summed E-state index contributed by atoms with van der Waals surface area (Å²) in [6.45, 7) is 3.03. The van der Waals surface area contributed by atoms with Crippen LogP contribution in [0.3, 0.4) is 0 Å². The molecule has 2 atom stereocenters. The van der Waals surface area contributed by atoms with Crippen LogP contribution in [-0.2, 0) is 16.7 Å². The second kappa shape index (κ2) is 7.82. The summed E-state index contributed by atoms with van der Waals surface area (Å²) in [5.41, 5.74) is 4.22. The molecule has 1 aliphatic rings. The Labute approximate surface area is 174 Å². The molecule has 0 amide bonds. The van der Waals surface area contributed by atoms with Crippen LogP contribution >= 0.6 is 11.6 Å². The number of aryl methyl sites for hydroxylation is 1. The molecular weight excluding hydrogens is 428 g/mol. The molecule has 30 heavy (non-hydrogen) atoms. The Kier molecular flexibility index (Phi) is 5.72. The lowest BCUT2D eigenvalue weighted by molar-refractivity contribution is -0.208. The number of amidine groups is 1. The molecule has 2 aromatic heterocycles. The number of aliphatic imine (C=N–C) groups is 1. The molecule has 0 aromatic carbocycles. The van der Waals surface area contributed by atoms with E-state index in [1.54, 1.807) is 13.0 Å². The Balaban J connectivity index is 1.93. The molecule has 160 valence electrons. The number of nitrogens with zero attached hydrogens (tertiary/aromatic N) is 3. The highest BCUT2D eigenvalue weighted by Gasteiger charge is 2.50. The SMILES string of the molecule is Cc1cnc(C(=O)Cc2ccc(F)c([C@]3(C)C[C@@H](C(F)(F)F)OC(N)=N3)n2)c(Cl)c1. The summed E-state index contributed by atoms with van der Waals surface area (Å²) in [5.74, 6) is -1.35. The first-order valence-electron chi connectivity index (χ1n) is 8.79. The van der Waals surface area contributed by atoms with Crippen molar-refractivity contribution < 1.29 is 27.1 Å². The summed E-state index contributed by atoms with van der Waals surface area (Å²) in [7, 11) is 0. The summed E-state index contributed by atoms with van der Waals surface area (Å²) >= 11 is 6.05. The van der Waals surface area contributed by atoms with E-state index in [9.17, 15) is 22.4 Å². The minimum atomic E-state index is -4.72. The lowest BCUT2D eigenvalue weighted by atomic mass is 9.89. The van der Waals surface area contributed by atoms with E-state index in [2.05, 4.69) is 19.7 Å². The van der Waals surface area contributed by atoms with E-state index in [0.29, 0.717) is 0 Å². The minimum absolute atomic E-state index is 0.0200. The van der Waals surface area contributed by atoms with Crippen LogP contribution < -0.4 is 5.73 Å². The van der Waals surface area contributed by atoms with Gasteiger partial charge in [0.25, 0.3) is 6.02 Å². The van der Waals surface area contributed by atoms with Crippen LogP contribution in [0.5, 0.6) is 0 Å². The van der Waals surface area contributed by atoms with Gasteiger partial charge in [0.2, 0.25) is 0 Å². The highest BCUT2D eigenvalue weighted by Crippen LogP contribution is 2.40. The molecule has 0 unspecified atom stereocenters. The van der Waals surface area contributed by atoms with Crippen molar-refractivity contribution in [3.63, 3.8) is 0 Å². The van der Waals surface area contributed by atoms with Gasteiger partial charge in [-0.3, -0.25) is 14.8 Å². The van der Waals surface area contributed by atoms with Crippen molar-refractivity contribution in [2.45, 2.75) is 44.5 Å². The highest BCUT2D eigenvalue weighted by atomic mass is 35.5. The molecular formula is C19H17ClF4N4O2. The third-order valence-electron chi connectivity index (χ3n) is 4.57. The van der Waals surface area contributed by atoms with E-state index in [1.807, 2.05) is 0 Å². The lowest BCUT2D eigenvalue weighted by Crippen LogP contribution is -2.46. The number of carbonyl (C=O) groups excluding carboxylic acids is 1. The summed E-state index contributed by atoms with van der Waals surface area (Å²) < 4.78 is 58.6. The van der Waals surface area contributed by atoms with Crippen LogP contribution in [0.4, 0.5) is 17.6 Å². The largest absolute Gasteiger partial charge is 0.452 e. The molecule has 6 nitrogen and oxygen atoms in total. The molecule has 0 fully saturated rings. The molecule has 2 aromatic rings. The zero-order valence-electron chi connectivity index (χ0n) is 15.9. The first-order chi connectivity index (χ1) is 13.9. The molecule has 0 spiro atoms. The van der Waals surface area contributed by atoms with Gasteiger partial charge in [-0.2, -0.15) is 13.2 Å². The maximum absolute atomic E-state index is 14.5. The monoisotopic (exact) mass is 444 g/mol. The molecule has 0 saturated carbocycles. The zero-order chi connectivity index (χ0) is 22.3. The summed E-state index contributed by atoms with van der Waals surface area (Å²) in [6.07, 6.45) is -6.51. The van der Waals surface area contributed by atoms with E-state index in [-0.39, 0.29) is 28.5 Å². The molecule has 3 rings (SSSR count). The minimum Gasteiger partial charge on any atom is -0.452 e. The molecule has 3 heterocycles. The van der Waals surface area contributed by atoms with Gasteiger partial charge < -0.3 is 10.5 Å². The molecule has 1 aliphatic heterocycles. The molecule has 0 aliphatic carbocycles. The zero-order valence-corrected chi connectivity index (χ0v) is 16.7. The number of Topliss-reactive ketones (excluding diaryl/α,β-unsaturated/α-hetero) is 1. The van der Waals surface area contributed by atoms with E-state index in [4.69, 9.17) is 17.3 Å². The Morgan fingerprint density at radius 2 is 2.10 bits per heavy atom. The number of ether oxygens (including phenoxy) is 1. The van der Waals surface area contributed by atoms with E-state index in [0.717, 1.165) is 11.6 Å². The van der Waals surface area contributed by atoms with Gasteiger partial charge in [0.15, 0.2) is 11.9 Å². The third kappa shape index (κ3) is 4.53. The van der Waals surface area contributed by atoms with Gasteiger partial charge in [0.05, 0.1) is 11.4 Å². The standard InChI is InChI=1S/C19H17ClF4N4O2/c1-9-5-11(20)15(26-8-9)13(29)6-10-3-4-12(21)16(27-10)18(2)7-14(19(22,23)24)30-17(25)28-18/h3-5,8,14H,6-7H2,1-2H3,(H2,25,28)/t14-,18-/m0/s1. The first-order valence-corrected chi connectivity index (χ1v) is 9.17. The van der Waals surface area contributed by atoms with Gasteiger partial charge in [0.1, 0.15) is 22.7 Å². The number of pyridine rings is 2. The van der Waals surface area contributed by atoms with Crippen LogP contribution in [0.25, 0.3) is 0 Å². The van der Waals surface area contributed by atoms with Crippen molar-refractivity contribution in [2.24, 2.45) is 10.7 Å². The van der Waals surface area contributed by atoms with E-state index >= 15 is 0 Å². The van der Waals surface area contributed by atoms with Crippen molar-refractivity contribution in [1.82, 2.24) is 9.97 Å². The Morgan fingerprint density at radius 1 is 1.40 bits per heavy atom. The number of carbonyl (C=O) groups is 1. The highest BCUT2D eigenvalue weighted by molar-refractivity contribution is 6.33. The van der Waals surface area contributed by atoms with E-state index < -0.39 is 41.9 Å². The Morgan fingerprint density at radius 3 is 2.73 bits per heavy atom. The van der Waals surface area contributed by atoms with Crippen LogP contribution in [-0.4, -0.2) is 34.1 Å². The quantitative estimate of drug-likeness (QED) is 0.571. The number of hydrogen-bond acceptors (Lipinski definition) is 6. The van der Waals surface area contributed by atoms with Gasteiger partial charge in [-0.05, 0) is 37.6 Å². The molecule has 2 N–H and O–H groups in total. The average Bonchev–Trinajstić information content (AvgIpc) is 2.61. The smallest absolute Gasteiger partial charge is 0.425 e. The van der Waals surface area contributed by atoms with E-state index in [1.165, 1.54) is 19.2 Å². The fourth-order valence-corrected chi connectivity index (χ4v) is 3.47. The van der Waals surface area contributed by atoms with Crippen LogP contribution in [0.2, 0.25) is 5.02 Å². The summed E-state index contributed by atoms with van der Waals surface area (Å²) in [6, 6.07) is 3.13. The molecule has 0 radical (unpaired) electrons. The van der Waals surface area contributed by atoms with Crippen LogP contribution in [0, 0.1) is 12.7 Å². The van der Waals surface area contributed by atoms with Crippen molar-refractivity contribution >= 4 is 23.4 Å². The number of ketones is 1. The van der Waals surface area contributed by atoms with Gasteiger partial charge in [-0.15, -0.1) is 0 Å². The number of rotatable bonds is 4. The molecule has 11 heteroatoms. The number of aromatic nitrogens is 2. The number of halogens is 5. The Hall–Kier alpha value is -2.75. The van der Waals surface area contributed by atoms with Crippen molar-refractivity contribution in [3.05, 3.63) is 57.9 Å². The third-order valence-corrected chi connectivity index (χ3v) is 4.85. The second-order valence-electron chi connectivity index (χ2n) is 7.15. The maximum atomic E-state index is 14.5. The molecule has 0 saturated heterocycles.